The molecule has 0 heterocycles. The summed E-state index contributed by atoms with van der Waals surface area (Å²) in [6, 6.07) is 11.0. The Labute approximate surface area is 134 Å². The molecule has 0 radical (unpaired) electrons. The van der Waals surface area contributed by atoms with Crippen molar-refractivity contribution in [2.75, 3.05) is 22.8 Å². The van der Waals surface area contributed by atoms with Gasteiger partial charge in [-0.05, 0) is 42.5 Å². The summed E-state index contributed by atoms with van der Waals surface area (Å²) in [4.78, 5) is -0.0561. The summed E-state index contributed by atoms with van der Waals surface area (Å²) < 4.78 is 50.6. The molecule has 0 aliphatic rings. The van der Waals surface area contributed by atoms with Crippen LogP contribution in [0.25, 0.3) is 0 Å². The van der Waals surface area contributed by atoms with Crippen LogP contribution in [0.3, 0.4) is 0 Å². The summed E-state index contributed by atoms with van der Waals surface area (Å²) in [5.74, 6) is -0.429. The zero-order valence-corrected chi connectivity index (χ0v) is 13.6. The molecule has 0 spiro atoms. The SMILES string of the molecule is Nc1ccc(S(=O)(=O)Nc2cccc(S(=O)(=O)CCO)c2)cc1. The maximum atomic E-state index is 12.3. The number of hydrogen-bond donors (Lipinski definition) is 3. The minimum atomic E-state index is -3.85. The number of anilines is 2. The molecule has 0 aliphatic heterocycles. The van der Waals surface area contributed by atoms with Crippen molar-refractivity contribution in [3.05, 3.63) is 48.5 Å². The van der Waals surface area contributed by atoms with Gasteiger partial charge in [-0.1, -0.05) is 6.07 Å². The number of sulfone groups is 1. The topological polar surface area (TPSA) is 127 Å². The van der Waals surface area contributed by atoms with E-state index in [1.807, 2.05) is 0 Å². The van der Waals surface area contributed by atoms with Crippen LogP contribution in [0, 0.1) is 0 Å². The van der Waals surface area contributed by atoms with Gasteiger partial charge in [0.15, 0.2) is 9.84 Å². The molecule has 0 saturated carbocycles. The molecule has 2 aromatic carbocycles. The largest absolute Gasteiger partial charge is 0.399 e. The highest BCUT2D eigenvalue weighted by atomic mass is 32.2. The number of sulfonamides is 1. The number of rotatable bonds is 6. The van der Waals surface area contributed by atoms with Crippen LogP contribution in [0.5, 0.6) is 0 Å². The summed E-state index contributed by atoms with van der Waals surface area (Å²) in [6.07, 6.45) is 0. The van der Waals surface area contributed by atoms with Gasteiger partial charge in [-0.2, -0.15) is 0 Å². The van der Waals surface area contributed by atoms with E-state index in [0.717, 1.165) is 0 Å². The van der Waals surface area contributed by atoms with Crippen LogP contribution in [-0.4, -0.2) is 34.3 Å². The third-order valence-electron chi connectivity index (χ3n) is 3.00. The Bertz CT molecular complexity index is 891. The Balaban J connectivity index is 2.32. The van der Waals surface area contributed by atoms with Gasteiger partial charge >= 0.3 is 0 Å². The zero-order valence-electron chi connectivity index (χ0n) is 12.0. The van der Waals surface area contributed by atoms with Gasteiger partial charge in [0.1, 0.15) is 0 Å². The molecule has 2 aromatic rings. The lowest BCUT2D eigenvalue weighted by atomic mass is 10.3. The predicted molar refractivity (Wildman–Crippen MR) is 87.2 cm³/mol. The molecule has 0 saturated heterocycles. The van der Waals surface area contributed by atoms with Gasteiger partial charge in [0.05, 0.1) is 27.8 Å². The van der Waals surface area contributed by atoms with Gasteiger partial charge < -0.3 is 10.8 Å². The molecular formula is C14H16N2O5S2. The maximum absolute atomic E-state index is 12.3. The Kier molecular flexibility index (Phi) is 4.93. The van der Waals surface area contributed by atoms with Crippen LogP contribution in [0.4, 0.5) is 11.4 Å². The fourth-order valence-electron chi connectivity index (χ4n) is 1.85. The number of nitrogens with one attached hydrogen (secondary N) is 1. The second-order valence-corrected chi connectivity index (χ2v) is 8.54. The highest BCUT2D eigenvalue weighted by Crippen LogP contribution is 2.20. The molecule has 23 heavy (non-hydrogen) atoms. The van der Waals surface area contributed by atoms with Crippen LogP contribution in [0.1, 0.15) is 0 Å². The average Bonchev–Trinajstić information content (AvgIpc) is 2.47. The van der Waals surface area contributed by atoms with Gasteiger partial charge in [0.25, 0.3) is 10.0 Å². The minimum Gasteiger partial charge on any atom is -0.399 e. The number of nitrogen functional groups attached to an aromatic ring is 1. The average molecular weight is 356 g/mol. The van der Waals surface area contributed by atoms with E-state index >= 15 is 0 Å². The first kappa shape index (κ1) is 17.3. The Hall–Kier alpha value is -2.10. The van der Waals surface area contributed by atoms with Crippen LogP contribution in [0.2, 0.25) is 0 Å². The number of aliphatic hydroxyl groups is 1. The van der Waals surface area contributed by atoms with Crippen LogP contribution >= 0.6 is 0 Å². The van der Waals surface area contributed by atoms with Crippen molar-refractivity contribution in [2.24, 2.45) is 0 Å². The van der Waals surface area contributed by atoms with Gasteiger partial charge in [-0.15, -0.1) is 0 Å². The standard InChI is InChI=1S/C14H16N2O5S2/c15-11-4-6-13(7-5-11)23(20,21)16-12-2-1-3-14(10-12)22(18,19)9-8-17/h1-7,10,16-17H,8-9,15H2. The fraction of sp³-hybridized carbons (Fsp3) is 0.143. The molecule has 7 nitrogen and oxygen atoms in total. The molecule has 0 amide bonds. The molecule has 0 unspecified atom stereocenters. The minimum absolute atomic E-state index is 0.00955. The first-order chi connectivity index (χ1) is 10.7. The van der Waals surface area contributed by atoms with E-state index in [0.29, 0.717) is 5.69 Å². The Morgan fingerprint density at radius 3 is 2.22 bits per heavy atom. The predicted octanol–water partition coefficient (Wildman–Crippen LogP) is 0.836. The lowest BCUT2D eigenvalue weighted by Crippen LogP contribution is -2.14. The van der Waals surface area contributed by atoms with Crippen molar-refractivity contribution < 1.29 is 21.9 Å². The van der Waals surface area contributed by atoms with E-state index in [1.165, 1.54) is 48.5 Å². The number of hydrogen-bond acceptors (Lipinski definition) is 6. The second kappa shape index (κ2) is 6.57. The van der Waals surface area contributed by atoms with Gasteiger partial charge in [-0.3, -0.25) is 4.72 Å². The van der Waals surface area contributed by atoms with Crippen molar-refractivity contribution in [1.29, 1.82) is 0 Å². The van der Waals surface area contributed by atoms with Crippen molar-refractivity contribution >= 4 is 31.2 Å². The molecule has 0 aliphatic carbocycles. The number of aliphatic hydroxyl groups excluding tert-OH is 1. The molecule has 0 bridgehead atoms. The lowest BCUT2D eigenvalue weighted by molar-refractivity contribution is 0.319. The Morgan fingerprint density at radius 2 is 1.61 bits per heavy atom. The van der Waals surface area contributed by atoms with Gasteiger partial charge in [0.2, 0.25) is 0 Å². The monoisotopic (exact) mass is 356 g/mol. The van der Waals surface area contributed by atoms with Crippen molar-refractivity contribution in [2.45, 2.75) is 9.79 Å². The highest BCUT2D eigenvalue weighted by molar-refractivity contribution is 7.92. The third-order valence-corrected chi connectivity index (χ3v) is 6.09. The van der Waals surface area contributed by atoms with Crippen molar-refractivity contribution in [3.63, 3.8) is 0 Å². The summed E-state index contributed by atoms with van der Waals surface area (Å²) >= 11 is 0. The summed E-state index contributed by atoms with van der Waals surface area (Å²) in [5, 5.41) is 8.79. The van der Waals surface area contributed by atoms with E-state index in [1.54, 1.807) is 0 Å². The number of nitrogens with two attached hydrogens (primary N) is 1. The van der Waals surface area contributed by atoms with E-state index < -0.39 is 32.2 Å². The van der Waals surface area contributed by atoms with E-state index in [9.17, 15) is 16.8 Å². The fourth-order valence-corrected chi connectivity index (χ4v) is 3.97. The molecule has 0 aromatic heterocycles. The van der Waals surface area contributed by atoms with Crippen LogP contribution in [0.15, 0.2) is 58.3 Å². The van der Waals surface area contributed by atoms with Crippen molar-refractivity contribution in [3.8, 4) is 0 Å². The molecule has 4 N–H and O–H groups in total. The van der Waals surface area contributed by atoms with Crippen molar-refractivity contribution in [1.82, 2.24) is 0 Å². The first-order valence-corrected chi connectivity index (χ1v) is 9.70. The summed E-state index contributed by atoms with van der Waals surface area (Å²) in [6.45, 7) is -0.510. The Morgan fingerprint density at radius 1 is 0.957 bits per heavy atom. The van der Waals surface area contributed by atoms with E-state index in [-0.39, 0.29) is 15.5 Å². The molecule has 9 heteroatoms. The van der Waals surface area contributed by atoms with Gasteiger partial charge in [-0.25, -0.2) is 16.8 Å². The molecule has 0 fully saturated rings. The summed E-state index contributed by atoms with van der Waals surface area (Å²) in [7, 11) is -7.51. The molecule has 124 valence electrons. The maximum Gasteiger partial charge on any atom is 0.261 e. The van der Waals surface area contributed by atoms with Crippen LogP contribution < -0.4 is 10.5 Å². The normalized spacial score (nSPS) is 12.0. The van der Waals surface area contributed by atoms with E-state index in [2.05, 4.69) is 4.72 Å². The zero-order chi connectivity index (χ0) is 17.1. The molecule has 2 rings (SSSR count). The first-order valence-electron chi connectivity index (χ1n) is 6.57. The number of benzene rings is 2. The lowest BCUT2D eigenvalue weighted by Gasteiger charge is -2.10. The second-order valence-electron chi connectivity index (χ2n) is 4.74. The molecular weight excluding hydrogens is 340 g/mol. The smallest absolute Gasteiger partial charge is 0.261 e. The highest BCUT2D eigenvalue weighted by Gasteiger charge is 2.17. The van der Waals surface area contributed by atoms with Gasteiger partial charge in [0, 0.05) is 5.69 Å². The van der Waals surface area contributed by atoms with E-state index in [4.69, 9.17) is 10.8 Å². The third kappa shape index (κ3) is 4.21. The quantitative estimate of drug-likeness (QED) is 0.658. The molecule has 0 atom stereocenters. The summed E-state index contributed by atoms with van der Waals surface area (Å²) in [5.41, 5.74) is 6.06. The van der Waals surface area contributed by atoms with Crippen LogP contribution in [-0.2, 0) is 19.9 Å².